The van der Waals surface area contributed by atoms with Gasteiger partial charge >= 0.3 is 0 Å². The Morgan fingerprint density at radius 1 is 1.28 bits per heavy atom. The number of carbonyl (C=O) groups excluding carboxylic acids is 1. The van der Waals surface area contributed by atoms with Crippen LogP contribution in [-0.2, 0) is 6.54 Å². The highest BCUT2D eigenvalue weighted by Crippen LogP contribution is 2.15. The number of benzene rings is 1. The summed E-state index contributed by atoms with van der Waals surface area (Å²) in [6.45, 7) is 0.496. The first-order valence-corrected chi connectivity index (χ1v) is 6.15. The lowest BCUT2D eigenvalue weighted by Crippen LogP contribution is -2.26. The molecular weight excluding hydrogens is 271 g/mol. The Kier molecular flexibility index (Phi) is 3.94. The summed E-state index contributed by atoms with van der Waals surface area (Å²) in [7, 11) is 1.73. The van der Waals surface area contributed by atoms with Crippen LogP contribution in [0.2, 0.25) is 10.0 Å². The summed E-state index contributed by atoms with van der Waals surface area (Å²) in [6, 6.07) is 9.04. The average Bonchev–Trinajstić information content (AvgIpc) is 2.75. The van der Waals surface area contributed by atoms with Gasteiger partial charge in [-0.25, -0.2) is 0 Å². The highest BCUT2D eigenvalue weighted by molar-refractivity contribution is 6.31. The Labute approximate surface area is 115 Å². The van der Waals surface area contributed by atoms with E-state index in [1.807, 2.05) is 18.2 Å². The quantitative estimate of drug-likeness (QED) is 0.918. The van der Waals surface area contributed by atoms with Crippen LogP contribution in [0.25, 0.3) is 0 Å². The number of H-pyrrole nitrogens is 1. The third kappa shape index (κ3) is 3.06. The van der Waals surface area contributed by atoms with Crippen LogP contribution < -0.4 is 0 Å². The van der Waals surface area contributed by atoms with E-state index in [-0.39, 0.29) is 5.91 Å². The van der Waals surface area contributed by atoms with E-state index in [1.165, 1.54) is 0 Å². The molecule has 0 saturated carbocycles. The van der Waals surface area contributed by atoms with Crippen molar-refractivity contribution in [2.75, 3.05) is 7.05 Å². The fourth-order valence-electron chi connectivity index (χ4n) is 1.68. The molecule has 5 heteroatoms. The third-order valence-electron chi connectivity index (χ3n) is 2.53. The molecule has 18 heavy (non-hydrogen) atoms. The number of nitrogens with one attached hydrogen (secondary N) is 1. The van der Waals surface area contributed by atoms with Crippen molar-refractivity contribution >= 4 is 29.1 Å². The van der Waals surface area contributed by atoms with Crippen LogP contribution in [0, 0.1) is 0 Å². The standard InChI is InChI=1S/C13H12Cl2N2O/c1-17(8-9-3-2-4-10(14)5-9)13(18)12-6-11(15)7-16-12/h2-7,16H,8H2,1H3. The molecule has 0 spiro atoms. The topological polar surface area (TPSA) is 36.1 Å². The van der Waals surface area contributed by atoms with E-state index in [0.717, 1.165) is 5.56 Å². The second kappa shape index (κ2) is 5.46. The Bertz CT molecular complexity index is 566. The smallest absolute Gasteiger partial charge is 0.270 e. The molecule has 1 amide bonds. The summed E-state index contributed by atoms with van der Waals surface area (Å²) in [5.74, 6) is -0.109. The summed E-state index contributed by atoms with van der Waals surface area (Å²) in [5.41, 5.74) is 1.46. The van der Waals surface area contributed by atoms with Crippen molar-refractivity contribution in [2.45, 2.75) is 6.54 Å². The molecule has 1 heterocycles. The van der Waals surface area contributed by atoms with Gasteiger partial charge in [-0.05, 0) is 23.8 Å². The summed E-state index contributed by atoms with van der Waals surface area (Å²) in [4.78, 5) is 16.5. The van der Waals surface area contributed by atoms with E-state index in [0.29, 0.717) is 22.3 Å². The number of aromatic amines is 1. The van der Waals surface area contributed by atoms with E-state index < -0.39 is 0 Å². The maximum atomic E-state index is 12.1. The van der Waals surface area contributed by atoms with Crippen LogP contribution in [-0.4, -0.2) is 22.8 Å². The first-order valence-electron chi connectivity index (χ1n) is 5.40. The number of rotatable bonds is 3. The van der Waals surface area contributed by atoms with Gasteiger partial charge in [-0.1, -0.05) is 35.3 Å². The minimum Gasteiger partial charge on any atom is -0.356 e. The van der Waals surface area contributed by atoms with Crippen LogP contribution in [0.1, 0.15) is 16.1 Å². The van der Waals surface area contributed by atoms with Gasteiger partial charge in [-0.15, -0.1) is 0 Å². The minimum atomic E-state index is -0.109. The lowest BCUT2D eigenvalue weighted by atomic mass is 10.2. The number of halogens is 2. The SMILES string of the molecule is CN(Cc1cccc(Cl)c1)C(=O)c1cc(Cl)c[nH]1. The fourth-order valence-corrected chi connectivity index (χ4v) is 2.05. The molecule has 0 aliphatic carbocycles. The van der Waals surface area contributed by atoms with Crippen molar-refractivity contribution < 1.29 is 4.79 Å². The number of hydrogen-bond donors (Lipinski definition) is 1. The van der Waals surface area contributed by atoms with E-state index in [2.05, 4.69) is 4.98 Å². The predicted molar refractivity (Wildman–Crippen MR) is 73.1 cm³/mol. The van der Waals surface area contributed by atoms with E-state index in [4.69, 9.17) is 23.2 Å². The molecule has 1 aromatic heterocycles. The fraction of sp³-hybridized carbons (Fsp3) is 0.154. The third-order valence-corrected chi connectivity index (χ3v) is 2.99. The van der Waals surface area contributed by atoms with Gasteiger partial charge in [0.2, 0.25) is 0 Å². The van der Waals surface area contributed by atoms with Gasteiger partial charge in [0.15, 0.2) is 0 Å². The largest absolute Gasteiger partial charge is 0.356 e. The second-order valence-corrected chi connectivity index (χ2v) is 4.90. The Morgan fingerprint density at radius 3 is 2.67 bits per heavy atom. The molecule has 2 rings (SSSR count). The van der Waals surface area contributed by atoms with Gasteiger partial charge < -0.3 is 9.88 Å². The van der Waals surface area contributed by atoms with Crippen molar-refractivity contribution in [1.82, 2.24) is 9.88 Å². The van der Waals surface area contributed by atoms with Gasteiger partial charge in [-0.2, -0.15) is 0 Å². The summed E-state index contributed by atoms with van der Waals surface area (Å²) in [5, 5.41) is 1.19. The zero-order chi connectivity index (χ0) is 13.1. The number of aromatic nitrogens is 1. The van der Waals surface area contributed by atoms with Crippen molar-refractivity contribution in [3.63, 3.8) is 0 Å². The molecule has 0 bridgehead atoms. The Morgan fingerprint density at radius 2 is 2.06 bits per heavy atom. The van der Waals surface area contributed by atoms with Crippen LogP contribution in [0.3, 0.4) is 0 Å². The van der Waals surface area contributed by atoms with Crippen molar-refractivity contribution in [3.05, 3.63) is 57.8 Å². The van der Waals surface area contributed by atoms with Crippen LogP contribution in [0.5, 0.6) is 0 Å². The molecule has 94 valence electrons. The molecule has 0 aliphatic rings. The van der Waals surface area contributed by atoms with E-state index in [9.17, 15) is 4.79 Å². The van der Waals surface area contributed by atoms with Crippen LogP contribution in [0.4, 0.5) is 0 Å². The minimum absolute atomic E-state index is 0.109. The van der Waals surface area contributed by atoms with Gasteiger partial charge in [0.25, 0.3) is 5.91 Å². The molecule has 0 aliphatic heterocycles. The predicted octanol–water partition coefficient (Wildman–Crippen LogP) is 3.59. The monoisotopic (exact) mass is 282 g/mol. The van der Waals surface area contributed by atoms with Gasteiger partial charge in [-0.3, -0.25) is 4.79 Å². The maximum Gasteiger partial charge on any atom is 0.270 e. The molecule has 0 saturated heterocycles. The molecule has 0 unspecified atom stereocenters. The first kappa shape index (κ1) is 13.0. The van der Waals surface area contributed by atoms with E-state index in [1.54, 1.807) is 30.3 Å². The van der Waals surface area contributed by atoms with Crippen molar-refractivity contribution in [1.29, 1.82) is 0 Å². The second-order valence-electron chi connectivity index (χ2n) is 4.02. The number of carbonyl (C=O) groups is 1. The molecule has 1 N–H and O–H groups in total. The normalized spacial score (nSPS) is 10.4. The highest BCUT2D eigenvalue weighted by atomic mass is 35.5. The lowest BCUT2D eigenvalue weighted by molar-refractivity contribution is 0.0780. The van der Waals surface area contributed by atoms with Crippen molar-refractivity contribution in [2.24, 2.45) is 0 Å². The number of hydrogen-bond acceptors (Lipinski definition) is 1. The highest BCUT2D eigenvalue weighted by Gasteiger charge is 2.13. The summed E-state index contributed by atoms with van der Waals surface area (Å²) >= 11 is 11.7. The first-order chi connectivity index (χ1) is 8.56. The number of amides is 1. The Hall–Kier alpha value is -1.45. The zero-order valence-corrected chi connectivity index (χ0v) is 11.3. The van der Waals surface area contributed by atoms with Gasteiger partial charge in [0.1, 0.15) is 5.69 Å². The molecule has 2 aromatic rings. The molecule has 0 atom stereocenters. The summed E-state index contributed by atoms with van der Waals surface area (Å²) in [6.07, 6.45) is 1.59. The van der Waals surface area contributed by atoms with Crippen LogP contribution >= 0.6 is 23.2 Å². The molecule has 0 fully saturated rings. The summed E-state index contributed by atoms with van der Waals surface area (Å²) < 4.78 is 0. The van der Waals surface area contributed by atoms with Crippen LogP contribution in [0.15, 0.2) is 36.5 Å². The lowest BCUT2D eigenvalue weighted by Gasteiger charge is -2.16. The van der Waals surface area contributed by atoms with Crippen molar-refractivity contribution in [3.8, 4) is 0 Å². The zero-order valence-electron chi connectivity index (χ0n) is 9.78. The average molecular weight is 283 g/mol. The van der Waals surface area contributed by atoms with E-state index >= 15 is 0 Å². The molecule has 0 radical (unpaired) electrons. The Balaban J connectivity index is 2.08. The maximum absolute atomic E-state index is 12.1. The molecule has 1 aromatic carbocycles. The van der Waals surface area contributed by atoms with Gasteiger partial charge in [0, 0.05) is 24.8 Å². The molecular formula is C13H12Cl2N2O. The molecule has 3 nitrogen and oxygen atoms in total. The number of nitrogens with zero attached hydrogens (tertiary/aromatic N) is 1. The van der Waals surface area contributed by atoms with Gasteiger partial charge in [0.05, 0.1) is 5.02 Å².